The Bertz CT molecular complexity index is 339. The molecule has 0 spiro atoms. The van der Waals surface area contributed by atoms with E-state index in [0.29, 0.717) is 11.8 Å². The molecule has 2 N–H and O–H groups in total. The van der Waals surface area contributed by atoms with E-state index in [9.17, 15) is 10.2 Å². The molecule has 16 heavy (non-hydrogen) atoms. The fourth-order valence-corrected chi connectivity index (χ4v) is 2.56. The predicted molar refractivity (Wildman–Crippen MR) is 63.9 cm³/mol. The first kappa shape index (κ1) is 11.4. The van der Waals surface area contributed by atoms with Crippen LogP contribution in [0, 0.1) is 0 Å². The van der Waals surface area contributed by atoms with Crippen LogP contribution < -0.4 is 0 Å². The standard InChI is InChI=1S/C13H21NO2/c1-2-3-6-9-14-12(15)10-7-4-5-8-11(10)13(14)16/h15-16H,2-9H2,1H3. The summed E-state index contributed by atoms with van der Waals surface area (Å²) in [5, 5.41) is 20.1. The normalized spacial score (nSPS) is 15.1. The van der Waals surface area contributed by atoms with Crippen LogP contribution in [0.15, 0.2) is 0 Å². The van der Waals surface area contributed by atoms with Crippen LogP contribution >= 0.6 is 0 Å². The fourth-order valence-electron chi connectivity index (χ4n) is 2.56. The first-order chi connectivity index (χ1) is 7.75. The number of hydrogen-bond acceptors (Lipinski definition) is 2. The second-order valence-corrected chi connectivity index (χ2v) is 4.67. The van der Waals surface area contributed by atoms with E-state index in [-0.39, 0.29) is 0 Å². The molecule has 1 aliphatic carbocycles. The molecule has 0 atom stereocenters. The Morgan fingerprint density at radius 3 is 2.06 bits per heavy atom. The van der Waals surface area contributed by atoms with Gasteiger partial charge < -0.3 is 10.2 Å². The molecule has 0 radical (unpaired) electrons. The van der Waals surface area contributed by atoms with Crippen molar-refractivity contribution in [1.82, 2.24) is 4.57 Å². The Kier molecular flexibility index (Phi) is 3.42. The fraction of sp³-hybridized carbons (Fsp3) is 0.692. The van der Waals surface area contributed by atoms with Crippen LogP contribution in [-0.4, -0.2) is 14.8 Å². The van der Waals surface area contributed by atoms with Crippen molar-refractivity contribution in [1.29, 1.82) is 0 Å². The van der Waals surface area contributed by atoms with Gasteiger partial charge in [-0.1, -0.05) is 19.8 Å². The van der Waals surface area contributed by atoms with Crippen molar-refractivity contribution >= 4 is 0 Å². The summed E-state index contributed by atoms with van der Waals surface area (Å²) in [6, 6.07) is 0. The molecule has 0 unspecified atom stereocenters. The Labute approximate surface area is 96.7 Å². The second-order valence-electron chi connectivity index (χ2n) is 4.67. The SMILES string of the molecule is CCCCCn1c(O)c2c(c1O)CCCC2. The lowest BCUT2D eigenvalue weighted by atomic mass is 9.95. The first-order valence-corrected chi connectivity index (χ1v) is 6.37. The minimum Gasteiger partial charge on any atom is -0.494 e. The van der Waals surface area contributed by atoms with Gasteiger partial charge in [0.2, 0.25) is 0 Å². The van der Waals surface area contributed by atoms with E-state index in [0.717, 1.165) is 62.6 Å². The van der Waals surface area contributed by atoms with Crippen LogP contribution in [0.4, 0.5) is 0 Å². The average molecular weight is 223 g/mol. The molecule has 1 heterocycles. The molecule has 3 heteroatoms. The van der Waals surface area contributed by atoms with E-state index in [1.165, 1.54) is 0 Å². The topological polar surface area (TPSA) is 45.4 Å². The molecule has 3 nitrogen and oxygen atoms in total. The summed E-state index contributed by atoms with van der Waals surface area (Å²) >= 11 is 0. The van der Waals surface area contributed by atoms with Crippen molar-refractivity contribution in [2.75, 3.05) is 0 Å². The molecule has 1 aliphatic rings. The summed E-state index contributed by atoms with van der Waals surface area (Å²) in [4.78, 5) is 0. The maximum atomic E-state index is 10.1. The number of unbranched alkanes of at least 4 members (excludes halogenated alkanes) is 2. The van der Waals surface area contributed by atoms with Crippen molar-refractivity contribution in [3.05, 3.63) is 11.1 Å². The number of aromatic nitrogens is 1. The summed E-state index contributed by atoms with van der Waals surface area (Å²) in [5.74, 6) is 0.617. The first-order valence-electron chi connectivity index (χ1n) is 6.37. The summed E-state index contributed by atoms with van der Waals surface area (Å²) in [7, 11) is 0. The monoisotopic (exact) mass is 223 g/mol. The van der Waals surface area contributed by atoms with Gasteiger partial charge in [0.15, 0.2) is 11.8 Å². The number of aromatic hydroxyl groups is 2. The molecule has 0 aliphatic heterocycles. The zero-order valence-corrected chi connectivity index (χ0v) is 10.00. The van der Waals surface area contributed by atoms with Crippen LogP contribution in [0.1, 0.15) is 50.2 Å². The zero-order valence-electron chi connectivity index (χ0n) is 10.00. The van der Waals surface area contributed by atoms with Gasteiger partial charge in [-0.3, -0.25) is 4.57 Å². The Hall–Kier alpha value is -1.12. The maximum absolute atomic E-state index is 10.1. The van der Waals surface area contributed by atoms with Gasteiger partial charge in [-0.25, -0.2) is 0 Å². The lowest BCUT2D eigenvalue weighted by Gasteiger charge is -2.09. The van der Waals surface area contributed by atoms with Crippen LogP contribution in [0.2, 0.25) is 0 Å². The second kappa shape index (κ2) is 4.81. The van der Waals surface area contributed by atoms with E-state index in [1.807, 2.05) is 0 Å². The van der Waals surface area contributed by atoms with E-state index in [4.69, 9.17) is 0 Å². The molecule has 2 rings (SSSR count). The third-order valence-corrected chi connectivity index (χ3v) is 3.50. The van der Waals surface area contributed by atoms with E-state index in [1.54, 1.807) is 4.57 Å². The largest absolute Gasteiger partial charge is 0.494 e. The predicted octanol–water partition coefficient (Wildman–Crippen LogP) is 2.97. The summed E-state index contributed by atoms with van der Waals surface area (Å²) in [5.41, 5.74) is 1.97. The molecular weight excluding hydrogens is 202 g/mol. The molecule has 0 saturated heterocycles. The van der Waals surface area contributed by atoms with Gasteiger partial charge >= 0.3 is 0 Å². The molecule has 0 fully saturated rings. The lowest BCUT2D eigenvalue weighted by Crippen LogP contribution is -1.98. The van der Waals surface area contributed by atoms with Gasteiger partial charge in [-0.05, 0) is 32.1 Å². The molecular formula is C13H21NO2. The highest BCUT2D eigenvalue weighted by Gasteiger charge is 2.23. The molecule has 1 aromatic rings. The number of rotatable bonds is 4. The van der Waals surface area contributed by atoms with Crippen LogP contribution in [-0.2, 0) is 19.4 Å². The minimum atomic E-state index is 0.309. The van der Waals surface area contributed by atoms with E-state index < -0.39 is 0 Å². The average Bonchev–Trinajstić information content (AvgIpc) is 2.55. The third kappa shape index (κ3) is 1.91. The van der Waals surface area contributed by atoms with Crippen LogP contribution in [0.5, 0.6) is 11.8 Å². The van der Waals surface area contributed by atoms with Crippen molar-refractivity contribution < 1.29 is 10.2 Å². The summed E-state index contributed by atoms with van der Waals surface area (Å²) in [6.45, 7) is 2.89. The molecule has 0 bridgehead atoms. The Balaban J connectivity index is 2.20. The van der Waals surface area contributed by atoms with Gasteiger partial charge in [0.1, 0.15) is 0 Å². The summed E-state index contributed by atoms with van der Waals surface area (Å²) < 4.78 is 1.69. The van der Waals surface area contributed by atoms with Crippen molar-refractivity contribution in [2.45, 2.75) is 58.4 Å². The highest BCUT2D eigenvalue weighted by molar-refractivity contribution is 5.46. The molecule has 1 aromatic heterocycles. The molecule has 90 valence electrons. The number of hydrogen-bond donors (Lipinski definition) is 2. The minimum absolute atomic E-state index is 0.309. The highest BCUT2D eigenvalue weighted by Crippen LogP contribution is 2.38. The van der Waals surface area contributed by atoms with Gasteiger partial charge in [0, 0.05) is 17.7 Å². The van der Waals surface area contributed by atoms with Gasteiger partial charge in [-0.2, -0.15) is 0 Å². The smallest absolute Gasteiger partial charge is 0.197 e. The quantitative estimate of drug-likeness (QED) is 0.771. The van der Waals surface area contributed by atoms with Crippen molar-refractivity contribution in [3.63, 3.8) is 0 Å². The Morgan fingerprint density at radius 1 is 1.00 bits per heavy atom. The van der Waals surface area contributed by atoms with Gasteiger partial charge in [-0.15, -0.1) is 0 Å². The third-order valence-electron chi connectivity index (χ3n) is 3.50. The van der Waals surface area contributed by atoms with Crippen LogP contribution in [0.3, 0.4) is 0 Å². The van der Waals surface area contributed by atoms with Gasteiger partial charge in [0.05, 0.1) is 0 Å². The molecule has 0 saturated carbocycles. The summed E-state index contributed by atoms with van der Waals surface area (Å²) in [6.07, 6.45) is 7.39. The highest BCUT2D eigenvalue weighted by atomic mass is 16.3. The van der Waals surface area contributed by atoms with Crippen molar-refractivity contribution in [3.8, 4) is 11.8 Å². The van der Waals surface area contributed by atoms with E-state index >= 15 is 0 Å². The van der Waals surface area contributed by atoms with Crippen LogP contribution in [0.25, 0.3) is 0 Å². The maximum Gasteiger partial charge on any atom is 0.197 e. The number of nitrogens with zero attached hydrogens (tertiary/aromatic N) is 1. The zero-order chi connectivity index (χ0) is 11.5. The molecule has 0 aromatic carbocycles. The number of fused-ring (bicyclic) bond motifs is 1. The van der Waals surface area contributed by atoms with E-state index in [2.05, 4.69) is 6.92 Å². The molecule has 0 amide bonds. The lowest BCUT2D eigenvalue weighted by molar-refractivity contribution is 0.360. The van der Waals surface area contributed by atoms with Gasteiger partial charge in [0.25, 0.3) is 0 Å². The Morgan fingerprint density at radius 2 is 1.56 bits per heavy atom. The van der Waals surface area contributed by atoms with Crippen molar-refractivity contribution in [2.24, 2.45) is 0 Å².